The van der Waals surface area contributed by atoms with Crippen LogP contribution in [0.25, 0.3) is 0 Å². The fourth-order valence-corrected chi connectivity index (χ4v) is 3.60. The number of hydroxylamine groups is 3. The third-order valence-corrected chi connectivity index (χ3v) is 4.80. The summed E-state index contributed by atoms with van der Waals surface area (Å²) in [5.74, 6) is 1.43. The van der Waals surface area contributed by atoms with Gasteiger partial charge in [0.2, 0.25) is 0 Å². The van der Waals surface area contributed by atoms with Gasteiger partial charge >= 0.3 is 0 Å². The van der Waals surface area contributed by atoms with Gasteiger partial charge in [-0.25, -0.2) is 5.21 Å². The fraction of sp³-hybridized carbons (Fsp3) is 0.647. The van der Waals surface area contributed by atoms with Gasteiger partial charge in [0.15, 0.2) is 0 Å². The second-order valence-electron chi connectivity index (χ2n) is 6.90. The summed E-state index contributed by atoms with van der Waals surface area (Å²) in [6.45, 7) is 3.15. The van der Waals surface area contributed by atoms with E-state index in [2.05, 4.69) is 25.1 Å². The lowest BCUT2D eigenvalue weighted by atomic mass is 9.63. The van der Waals surface area contributed by atoms with Gasteiger partial charge in [0.25, 0.3) is 0 Å². The van der Waals surface area contributed by atoms with Crippen LogP contribution in [0.4, 0.5) is 0 Å². The summed E-state index contributed by atoms with van der Waals surface area (Å²) in [4.78, 5) is 0. The number of hydrogen-bond donors (Lipinski definition) is 1. The molecule has 0 aromatic heterocycles. The van der Waals surface area contributed by atoms with Crippen LogP contribution in [0.5, 0.6) is 5.75 Å². The first-order valence-corrected chi connectivity index (χ1v) is 7.55. The molecule has 112 valence electrons. The predicted molar refractivity (Wildman–Crippen MR) is 81.1 cm³/mol. The summed E-state index contributed by atoms with van der Waals surface area (Å²) in [7, 11) is 5.44. The molecule has 0 radical (unpaired) electrons. The van der Waals surface area contributed by atoms with Crippen LogP contribution in [0.3, 0.4) is 0 Å². The number of nitrogens with zero attached hydrogens (tertiary/aromatic N) is 1. The highest BCUT2D eigenvalue weighted by molar-refractivity contribution is 5.34. The smallest absolute Gasteiger partial charge is 0.119 e. The van der Waals surface area contributed by atoms with Crippen LogP contribution in [0.1, 0.15) is 38.2 Å². The highest BCUT2D eigenvalue weighted by Gasteiger charge is 2.41. The van der Waals surface area contributed by atoms with Crippen LogP contribution in [0.2, 0.25) is 0 Å². The Morgan fingerprint density at radius 1 is 1.35 bits per heavy atom. The summed E-state index contributed by atoms with van der Waals surface area (Å²) in [5, 5.41) is 10.2. The molecule has 1 aliphatic carbocycles. The van der Waals surface area contributed by atoms with Crippen molar-refractivity contribution in [1.29, 1.82) is 0 Å². The van der Waals surface area contributed by atoms with Gasteiger partial charge in [0.05, 0.1) is 21.2 Å². The predicted octanol–water partition coefficient (Wildman–Crippen LogP) is 3.61. The highest BCUT2D eigenvalue weighted by atomic mass is 16.5. The Bertz CT molecular complexity index is 453. The summed E-state index contributed by atoms with van der Waals surface area (Å²) in [6, 6.07) is 8.44. The van der Waals surface area contributed by atoms with Gasteiger partial charge in [-0.3, -0.25) is 0 Å². The van der Waals surface area contributed by atoms with E-state index in [-0.39, 0.29) is 10.1 Å². The number of methoxy groups -OCH3 is 1. The van der Waals surface area contributed by atoms with E-state index in [9.17, 15) is 5.21 Å². The van der Waals surface area contributed by atoms with E-state index < -0.39 is 0 Å². The van der Waals surface area contributed by atoms with Gasteiger partial charge in [0, 0.05) is 11.3 Å². The Morgan fingerprint density at radius 2 is 2.10 bits per heavy atom. The Labute approximate surface area is 122 Å². The maximum Gasteiger partial charge on any atom is 0.119 e. The Hall–Kier alpha value is -1.06. The van der Waals surface area contributed by atoms with Crippen LogP contribution in [-0.4, -0.2) is 37.6 Å². The Morgan fingerprint density at radius 3 is 2.75 bits per heavy atom. The van der Waals surface area contributed by atoms with E-state index in [1.165, 1.54) is 31.2 Å². The van der Waals surface area contributed by atoms with Crippen LogP contribution >= 0.6 is 0 Å². The maximum atomic E-state index is 10.2. The van der Waals surface area contributed by atoms with Crippen molar-refractivity contribution in [2.45, 2.75) is 38.0 Å². The van der Waals surface area contributed by atoms with E-state index in [1.807, 2.05) is 20.2 Å². The fourth-order valence-electron chi connectivity index (χ4n) is 3.60. The lowest BCUT2D eigenvalue weighted by Gasteiger charge is -2.43. The molecule has 2 atom stereocenters. The standard InChI is InChI=1S/C17H28NO2/c1-17(14-9-7-10-16(12-14)20-4)11-6-5-8-15(17)13-18(2,3)19/h7,9-10,12,15,19H,5-6,8,11,13H2,1-4H3/q+1/t15?,17-/m1/s1. The zero-order valence-corrected chi connectivity index (χ0v) is 13.2. The normalized spacial score (nSPS) is 27.4. The van der Waals surface area contributed by atoms with Gasteiger partial charge in [-0.1, -0.05) is 31.9 Å². The number of hydrogen-bond acceptors (Lipinski definition) is 2. The minimum Gasteiger partial charge on any atom is -0.497 e. The highest BCUT2D eigenvalue weighted by Crippen LogP contribution is 2.44. The van der Waals surface area contributed by atoms with E-state index in [4.69, 9.17) is 4.74 Å². The number of benzene rings is 1. The molecular formula is C17H28NO2+. The van der Waals surface area contributed by atoms with Gasteiger partial charge < -0.3 is 4.74 Å². The van der Waals surface area contributed by atoms with Crippen LogP contribution < -0.4 is 4.74 Å². The quantitative estimate of drug-likeness (QED) is 0.673. The third kappa shape index (κ3) is 3.33. The van der Waals surface area contributed by atoms with Crippen LogP contribution in [-0.2, 0) is 5.41 Å². The molecule has 1 aromatic carbocycles. The summed E-state index contributed by atoms with van der Waals surface area (Å²) in [6.07, 6.45) is 4.91. The van der Waals surface area contributed by atoms with Crippen molar-refractivity contribution in [3.63, 3.8) is 0 Å². The SMILES string of the molecule is COc1cccc([C@@]2(C)CCCCC2C[N+](C)(C)O)c1. The molecular weight excluding hydrogens is 250 g/mol. The van der Waals surface area contributed by atoms with Crippen molar-refractivity contribution >= 4 is 0 Å². The Kier molecular flexibility index (Phi) is 4.40. The molecule has 1 aromatic rings. The zero-order valence-electron chi connectivity index (χ0n) is 13.2. The molecule has 20 heavy (non-hydrogen) atoms. The minimum absolute atomic E-state index is 0.0459. The summed E-state index contributed by atoms with van der Waals surface area (Å²) >= 11 is 0. The molecule has 0 aliphatic heterocycles. The monoisotopic (exact) mass is 278 g/mol. The lowest BCUT2D eigenvalue weighted by molar-refractivity contribution is -1.08. The van der Waals surface area contributed by atoms with E-state index in [0.717, 1.165) is 12.3 Å². The number of rotatable bonds is 4. The zero-order chi connectivity index (χ0) is 14.8. The number of quaternary nitrogens is 1. The second kappa shape index (κ2) is 5.74. The molecule has 1 aliphatic rings. The first kappa shape index (κ1) is 15.3. The molecule has 2 rings (SSSR count). The lowest BCUT2D eigenvalue weighted by Crippen LogP contribution is -2.47. The van der Waals surface area contributed by atoms with Gasteiger partial charge in [-0.2, -0.15) is 4.65 Å². The van der Waals surface area contributed by atoms with E-state index in [1.54, 1.807) is 7.11 Å². The molecule has 0 amide bonds. The topological polar surface area (TPSA) is 29.5 Å². The minimum atomic E-state index is 0.0459. The first-order valence-electron chi connectivity index (χ1n) is 7.55. The second-order valence-corrected chi connectivity index (χ2v) is 6.90. The van der Waals surface area contributed by atoms with E-state index >= 15 is 0 Å². The molecule has 0 spiro atoms. The van der Waals surface area contributed by atoms with Crippen molar-refractivity contribution in [2.75, 3.05) is 27.7 Å². The molecule has 1 saturated carbocycles. The van der Waals surface area contributed by atoms with Crippen molar-refractivity contribution < 1.29 is 14.6 Å². The van der Waals surface area contributed by atoms with Gasteiger partial charge in [0.1, 0.15) is 12.3 Å². The molecule has 0 heterocycles. The third-order valence-electron chi connectivity index (χ3n) is 4.80. The van der Waals surface area contributed by atoms with Crippen LogP contribution in [0.15, 0.2) is 24.3 Å². The summed E-state index contributed by atoms with van der Waals surface area (Å²) < 4.78 is 5.42. The Balaban J connectivity index is 2.32. The van der Waals surface area contributed by atoms with Crippen molar-refractivity contribution in [2.24, 2.45) is 5.92 Å². The average Bonchev–Trinajstić information content (AvgIpc) is 2.40. The van der Waals surface area contributed by atoms with Crippen LogP contribution in [0, 0.1) is 5.92 Å². The van der Waals surface area contributed by atoms with Crippen molar-refractivity contribution in [3.8, 4) is 5.75 Å². The average molecular weight is 278 g/mol. The molecule has 3 nitrogen and oxygen atoms in total. The first-order chi connectivity index (χ1) is 9.35. The molecule has 0 bridgehead atoms. The molecule has 1 unspecified atom stereocenters. The molecule has 3 heteroatoms. The molecule has 1 fully saturated rings. The van der Waals surface area contributed by atoms with E-state index in [0.29, 0.717) is 5.92 Å². The van der Waals surface area contributed by atoms with Gasteiger partial charge in [-0.15, -0.1) is 0 Å². The van der Waals surface area contributed by atoms with Crippen molar-refractivity contribution in [3.05, 3.63) is 29.8 Å². The molecule has 0 saturated heterocycles. The van der Waals surface area contributed by atoms with Gasteiger partial charge in [-0.05, 0) is 30.5 Å². The summed E-state index contributed by atoms with van der Waals surface area (Å²) in [5.41, 5.74) is 1.47. The maximum absolute atomic E-state index is 10.2. The molecule has 1 N–H and O–H groups in total. The van der Waals surface area contributed by atoms with Crippen molar-refractivity contribution in [1.82, 2.24) is 0 Å². The number of ether oxygens (including phenoxy) is 1. The largest absolute Gasteiger partial charge is 0.497 e.